The Bertz CT molecular complexity index is 1230. The van der Waals surface area contributed by atoms with Crippen LogP contribution in [0.1, 0.15) is 40.1 Å². The lowest BCUT2D eigenvalue weighted by atomic mass is 10.1. The lowest BCUT2D eigenvalue weighted by Crippen LogP contribution is -2.27. The van der Waals surface area contributed by atoms with E-state index in [1.165, 1.54) is 27.7 Å². The SMILES string of the molecule is Cc1c([C@@H](C)NC(=O)c2cnn3cccnc23)cnn1-c1cccc(C(F)(F)F)c1. The predicted molar refractivity (Wildman–Crippen MR) is 102 cm³/mol. The van der Waals surface area contributed by atoms with E-state index >= 15 is 0 Å². The van der Waals surface area contributed by atoms with E-state index in [1.54, 1.807) is 38.4 Å². The molecular weight excluding hydrogens is 397 g/mol. The molecule has 10 heteroatoms. The van der Waals surface area contributed by atoms with E-state index in [-0.39, 0.29) is 5.91 Å². The predicted octanol–water partition coefficient (Wildman–Crippen LogP) is 3.73. The molecule has 0 spiro atoms. The van der Waals surface area contributed by atoms with Crippen molar-refractivity contribution < 1.29 is 18.0 Å². The fraction of sp³-hybridized carbons (Fsp3) is 0.200. The fourth-order valence-electron chi connectivity index (χ4n) is 3.26. The third kappa shape index (κ3) is 3.51. The van der Waals surface area contributed by atoms with Crippen molar-refractivity contribution in [2.24, 2.45) is 0 Å². The normalized spacial score (nSPS) is 12.8. The number of carbonyl (C=O) groups excluding carboxylic acids is 1. The third-order valence-corrected chi connectivity index (χ3v) is 4.80. The van der Waals surface area contributed by atoms with Crippen LogP contribution >= 0.6 is 0 Å². The standard InChI is InChI=1S/C20H17F3N6O/c1-12(27-19(30)17-11-25-28-8-4-7-24-18(17)28)16-10-26-29(13(16)2)15-6-3-5-14(9-15)20(21,22)23/h3-12H,1-2H3,(H,27,30)/t12-/m1/s1. The molecule has 1 atom stereocenters. The number of benzene rings is 1. The van der Waals surface area contributed by atoms with Crippen LogP contribution in [0, 0.1) is 6.92 Å². The van der Waals surface area contributed by atoms with Gasteiger partial charge in [0.25, 0.3) is 5.91 Å². The first kappa shape index (κ1) is 19.6. The molecule has 1 aromatic carbocycles. The van der Waals surface area contributed by atoms with Crippen LogP contribution in [0.15, 0.2) is 55.1 Å². The zero-order chi connectivity index (χ0) is 21.5. The number of hydrogen-bond acceptors (Lipinski definition) is 4. The zero-order valence-corrected chi connectivity index (χ0v) is 16.1. The summed E-state index contributed by atoms with van der Waals surface area (Å²) >= 11 is 0. The highest BCUT2D eigenvalue weighted by Crippen LogP contribution is 2.31. The molecule has 3 heterocycles. The van der Waals surface area contributed by atoms with Crippen LogP contribution in [0.5, 0.6) is 0 Å². The Kier molecular flexibility index (Phi) is 4.76. The summed E-state index contributed by atoms with van der Waals surface area (Å²) < 4.78 is 42.0. The smallest absolute Gasteiger partial charge is 0.345 e. The first-order valence-electron chi connectivity index (χ1n) is 9.07. The molecule has 0 aliphatic rings. The number of halogens is 3. The molecule has 154 valence electrons. The van der Waals surface area contributed by atoms with Gasteiger partial charge in [-0.1, -0.05) is 6.07 Å². The van der Waals surface area contributed by atoms with Gasteiger partial charge in [-0.05, 0) is 38.1 Å². The van der Waals surface area contributed by atoms with Gasteiger partial charge in [0.1, 0.15) is 5.56 Å². The second-order valence-corrected chi connectivity index (χ2v) is 6.79. The summed E-state index contributed by atoms with van der Waals surface area (Å²) in [6, 6.07) is 6.20. The Balaban J connectivity index is 1.58. The van der Waals surface area contributed by atoms with Gasteiger partial charge in [0.05, 0.1) is 29.7 Å². The summed E-state index contributed by atoms with van der Waals surface area (Å²) in [5.41, 5.74) is 1.60. The number of carbonyl (C=O) groups is 1. The maximum Gasteiger partial charge on any atom is 0.416 e. The Labute approximate surface area is 169 Å². The Hall–Kier alpha value is -3.69. The Morgan fingerprint density at radius 1 is 1.17 bits per heavy atom. The first-order chi connectivity index (χ1) is 14.3. The number of alkyl halides is 3. The van der Waals surface area contributed by atoms with E-state index in [2.05, 4.69) is 20.5 Å². The van der Waals surface area contributed by atoms with Gasteiger partial charge in [0.15, 0.2) is 5.65 Å². The second-order valence-electron chi connectivity index (χ2n) is 6.79. The topological polar surface area (TPSA) is 77.1 Å². The second kappa shape index (κ2) is 7.29. The van der Waals surface area contributed by atoms with Gasteiger partial charge < -0.3 is 5.32 Å². The van der Waals surface area contributed by atoms with Crippen LogP contribution < -0.4 is 5.32 Å². The van der Waals surface area contributed by atoms with Crippen LogP contribution in [-0.4, -0.2) is 30.3 Å². The summed E-state index contributed by atoms with van der Waals surface area (Å²) in [7, 11) is 0. The van der Waals surface area contributed by atoms with Crippen LogP contribution in [-0.2, 0) is 6.18 Å². The number of rotatable bonds is 4. The van der Waals surface area contributed by atoms with E-state index in [0.717, 1.165) is 12.1 Å². The van der Waals surface area contributed by atoms with Gasteiger partial charge in [-0.2, -0.15) is 23.4 Å². The molecule has 0 bridgehead atoms. The molecule has 1 N–H and O–H groups in total. The van der Waals surface area contributed by atoms with Gasteiger partial charge in [0.2, 0.25) is 0 Å². The van der Waals surface area contributed by atoms with Crippen molar-refractivity contribution in [3.63, 3.8) is 0 Å². The van der Waals surface area contributed by atoms with Crippen LogP contribution in [0.4, 0.5) is 13.2 Å². The number of amides is 1. The maximum absolute atomic E-state index is 13.0. The van der Waals surface area contributed by atoms with Gasteiger partial charge in [0, 0.05) is 23.7 Å². The molecule has 0 aliphatic heterocycles. The number of aromatic nitrogens is 5. The largest absolute Gasteiger partial charge is 0.416 e. The Morgan fingerprint density at radius 2 is 1.97 bits per heavy atom. The molecule has 0 saturated heterocycles. The van der Waals surface area contributed by atoms with Crippen molar-refractivity contribution in [1.29, 1.82) is 0 Å². The number of nitrogens with zero attached hydrogens (tertiary/aromatic N) is 5. The van der Waals surface area contributed by atoms with Crippen LogP contribution in [0.2, 0.25) is 0 Å². The lowest BCUT2D eigenvalue weighted by molar-refractivity contribution is -0.137. The van der Waals surface area contributed by atoms with Crippen molar-refractivity contribution in [1.82, 2.24) is 29.7 Å². The molecule has 0 fully saturated rings. The molecule has 0 saturated carbocycles. The average molecular weight is 414 g/mol. The minimum absolute atomic E-state index is 0.291. The van der Waals surface area contributed by atoms with E-state index in [4.69, 9.17) is 0 Å². The number of hydrogen-bond donors (Lipinski definition) is 1. The molecule has 4 aromatic rings. The van der Waals surface area contributed by atoms with Crippen molar-refractivity contribution in [3.8, 4) is 5.69 Å². The van der Waals surface area contributed by atoms with E-state index in [9.17, 15) is 18.0 Å². The summed E-state index contributed by atoms with van der Waals surface area (Å²) in [6.07, 6.45) is 1.79. The maximum atomic E-state index is 13.0. The van der Waals surface area contributed by atoms with E-state index < -0.39 is 17.8 Å². The summed E-state index contributed by atoms with van der Waals surface area (Å²) in [4.78, 5) is 16.9. The molecule has 3 aromatic heterocycles. The number of fused-ring (bicyclic) bond motifs is 1. The highest BCUT2D eigenvalue weighted by molar-refractivity contribution is 5.99. The summed E-state index contributed by atoms with van der Waals surface area (Å²) in [5.74, 6) is -0.359. The molecule has 30 heavy (non-hydrogen) atoms. The molecular formula is C20H17F3N6O. The van der Waals surface area contributed by atoms with Crippen molar-refractivity contribution in [3.05, 3.63) is 77.5 Å². The van der Waals surface area contributed by atoms with Gasteiger partial charge in [-0.15, -0.1) is 0 Å². The van der Waals surface area contributed by atoms with Crippen LogP contribution in [0.3, 0.4) is 0 Å². The molecule has 1 amide bonds. The third-order valence-electron chi connectivity index (χ3n) is 4.80. The summed E-state index contributed by atoms with van der Waals surface area (Å²) in [5, 5.41) is 11.2. The van der Waals surface area contributed by atoms with Crippen molar-refractivity contribution in [2.75, 3.05) is 0 Å². The molecule has 0 radical (unpaired) electrons. The minimum atomic E-state index is -4.44. The Morgan fingerprint density at radius 3 is 2.73 bits per heavy atom. The zero-order valence-electron chi connectivity index (χ0n) is 16.1. The van der Waals surface area contributed by atoms with Crippen LogP contribution in [0.25, 0.3) is 11.3 Å². The minimum Gasteiger partial charge on any atom is -0.345 e. The fourth-order valence-corrected chi connectivity index (χ4v) is 3.26. The number of nitrogens with one attached hydrogen (secondary N) is 1. The molecule has 0 unspecified atom stereocenters. The summed E-state index contributed by atoms with van der Waals surface area (Å²) in [6.45, 7) is 3.51. The van der Waals surface area contributed by atoms with E-state index in [0.29, 0.717) is 28.2 Å². The average Bonchev–Trinajstić information content (AvgIpc) is 3.31. The van der Waals surface area contributed by atoms with Crippen molar-refractivity contribution in [2.45, 2.75) is 26.1 Å². The quantitative estimate of drug-likeness (QED) is 0.552. The molecule has 7 nitrogen and oxygen atoms in total. The molecule has 0 aliphatic carbocycles. The highest BCUT2D eigenvalue weighted by Gasteiger charge is 2.30. The monoisotopic (exact) mass is 414 g/mol. The van der Waals surface area contributed by atoms with Gasteiger partial charge in [-0.3, -0.25) is 4.79 Å². The van der Waals surface area contributed by atoms with Crippen molar-refractivity contribution >= 4 is 11.6 Å². The van der Waals surface area contributed by atoms with Gasteiger partial charge >= 0.3 is 6.18 Å². The van der Waals surface area contributed by atoms with E-state index in [1.807, 2.05) is 0 Å². The first-order valence-corrected chi connectivity index (χ1v) is 9.07. The molecule has 4 rings (SSSR count). The van der Waals surface area contributed by atoms with Gasteiger partial charge in [-0.25, -0.2) is 14.2 Å². The highest BCUT2D eigenvalue weighted by atomic mass is 19.4. The lowest BCUT2D eigenvalue weighted by Gasteiger charge is -2.14.